The number of nitrogens with zero attached hydrogens (tertiary/aromatic N) is 2. The quantitative estimate of drug-likeness (QED) is 0.365. The van der Waals surface area contributed by atoms with E-state index in [0.29, 0.717) is 27.6 Å². The van der Waals surface area contributed by atoms with Gasteiger partial charge in [0.15, 0.2) is 11.5 Å². The lowest BCUT2D eigenvalue weighted by Gasteiger charge is -2.08. The van der Waals surface area contributed by atoms with E-state index in [0.717, 1.165) is 16.9 Å². The van der Waals surface area contributed by atoms with Crippen LogP contribution in [0.3, 0.4) is 0 Å². The molecule has 0 aliphatic heterocycles. The number of esters is 1. The Morgan fingerprint density at radius 2 is 1.84 bits per heavy atom. The first kappa shape index (κ1) is 22.8. The van der Waals surface area contributed by atoms with Crippen LogP contribution in [-0.2, 0) is 4.74 Å². The number of benzene rings is 2. The summed E-state index contributed by atoms with van der Waals surface area (Å²) in [6.07, 6.45) is 1.42. The van der Waals surface area contributed by atoms with Crippen LogP contribution in [-0.4, -0.2) is 31.3 Å². The molecule has 3 aromatic rings. The van der Waals surface area contributed by atoms with Crippen LogP contribution in [0.15, 0.2) is 54.0 Å². The number of hydrogen-bond donors (Lipinski definition) is 1. The Morgan fingerprint density at radius 3 is 2.47 bits per heavy atom. The predicted molar refractivity (Wildman–Crippen MR) is 125 cm³/mol. The Hall–Kier alpha value is -3.83. The van der Waals surface area contributed by atoms with Gasteiger partial charge in [-0.2, -0.15) is 5.26 Å². The van der Waals surface area contributed by atoms with E-state index in [4.69, 9.17) is 14.2 Å². The van der Waals surface area contributed by atoms with Crippen molar-refractivity contribution < 1.29 is 19.0 Å². The predicted octanol–water partition coefficient (Wildman–Crippen LogP) is 5.37. The molecule has 0 unspecified atom stereocenters. The molecular formula is C24H23N3O4S. The van der Waals surface area contributed by atoms with E-state index in [1.807, 2.05) is 23.6 Å². The summed E-state index contributed by atoms with van der Waals surface area (Å²) < 4.78 is 15.8. The highest BCUT2D eigenvalue weighted by molar-refractivity contribution is 7.11. The Balaban J connectivity index is 1.75. The molecule has 0 aliphatic carbocycles. The van der Waals surface area contributed by atoms with Gasteiger partial charge in [-0.25, -0.2) is 9.78 Å². The lowest BCUT2D eigenvalue weighted by Crippen LogP contribution is -2.11. The molecule has 0 aliphatic rings. The zero-order chi connectivity index (χ0) is 23.1. The summed E-state index contributed by atoms with van der Waals surface area (Å²) in [5.74, 6) is 0.875. The van der Waals surface area contributed by atoms with Crippen molar-refractivity contribution in [3.63, 3.8) is 0 Å². The molecule has 0 saturated heterocycles. The molecule has 0 bridgehead atoms. The molecule has 32 heavy (non-hydrogen) atoms. The molecule has 0 amide bonds. The van der Waals surface area contributed by atoms with E-state index in [9.17, 15) is 10.1 Å². The normalized spacial score (nSPS) is 11.1. The number of nitriles is 1. The van der Waals surface area contributed by atoms with Gasteiger partial charge in [0.25, 0.3) is 0 Å². The van der Waals surface area contributed by atoms with Gasteiger partial charge in [0.05, 0.1) is 31.6 Å². The van der Waals surface area contributed by atoms with Gasteiger partial charge >= 0.3 is 5.97 Å². The second kappa shape index (κ2) is 10.5. The standard InChI is InChI=1S/C24H23N3O4S/c1-15(2)31-24(28)16-5-8-19(9-6-16)26-13-18(12-25)23-27-20(14-32-23)17-7-10-21(29-3)22(11-17)30-4/h5-11,13-15,26H,1-4H3/b18-13+. The van der Waals surface area contributed by atoms with Crippen LogP contribution in [0.4, 0.5) is 5.69 Å². The molecule has 164 valence electrons. The third kappa shape index (κ3) is 5.45. The van der Waals surface area contributed by atoms with Crippen LogP contribution in [0.5, 0.6) is 11.5 Å². The highest BCUT2D eigenvalue weighted by Gasteiger charge is 2.12. The van der Waals surface area contributed by atoms with Gasteiger partial charge in [-0.15, -0.1) is 11.3 Å². The van der Waals surface area contributed by atoms with E-state index < -0.39 is 0 Å². The maximum absolute atomic E-state index is 11.9. The minimum atomic E-state index is -0.370. The van der Waals surface area contributed by atoms with Crippen LogP contribution in [0.2, 0.25) is 0 Å². The second-order valence-corrected chi connectivity index (χ2v) is 7.81. The number of carbonyl (C=O) groups excluding carboxylic acids is 1. The SMILES string of the molecule is COc1ccc(-c2csc(/C(C#N)=C/Nc3ccc(C(=O)OC(C)C)cc3)n2)cc1OC. The van der Waals surface area contributed by atoms with Crippen LogP contribution >= 0.6 is 11.3 Å². The molecule has 3 rings (SSSR count). The van der Waals surface area contributed by atoms with Gasteiger partial charge in [-0.05, 0) is 56.3 Å². The lowest BCUT2D eigenvalue weighted by molar-refractivity contribution is 0.0378. The number of anilines is 1. The van der Waals surface area contributed by atoms with E-state index in [1.165, 1.54) is 11.3 Å². The Labute approximate surface area is 190 Å². The zero-order valence-corrected chi connectivity index (χ0v) is 19.0. The van der Waals surface area contributed by atoms with Crippen molar-refractivity contribution in [1.82, 2.24) is 4.98 Å². The highest BCUT2D eigenvalue weighted by atomic mass is 32.1. The molecule has 0 atom stereocenters. The Kier molecular flexibility index (Phi) is 7.47. The monoisotopic (exact) mass is 449 g/mol. The Bertz CT molecular complexity index is 1160. The molecular weight excluding hydrogens is 426 g/mol. The number of thiazole rings is 1. The first-order chi connectivity index (χ1) is 15.4. The van der Waals surface area contributed by atoms with Crippen molar-refractivity contribution in [2.75, 3.05) is 19.5 Å². The molecule has 8 heteroatoms. The first-order valence-corrected chi connectivity index (χ1v) is 10.7. The molecule has 0 radical (unpaired) electrons. The lowest BCUT2D eigenvalue weighted by atomic mass is 10.1. The van der Waals surface area contributed by atoms with E-state index in [2.05, 4.69) is 16.4 Å². The summed E-state index contributed by atoms with van der Waals surface area (Å²) in [4.78, 5) is 16.5. The summed E-state index contributed by atoms with van der Waals surface area (Å²) in [6, 6.07) is 14.6. The number of nitrogens with one attached hydrogen (secondary N) is 1. The molecule has 0 saturated carbocycles. The summed E-state index contributed by atoms with van der Waals surface area (Å²) >= 11 is 1.37. The van der Waals surface area contributed by atoms with Crippen molar-refractivity contribution in [3.05, 3.63) is 64.6 Å². The largest absolute Gasteiger partial charge is 0.493 e. The van der Waals surface area contributed by atoms with Crippen molar-refractivity contribution in [2.45, 2.75) is 20.0 Å². The minimum absolute atomic E-state index is 0.177. The number of carbonyl (C=O) groups is 1. The highest BCUT2D eigenvalue weighted by Crippen LogP contribution is 2.33. The first-order valence-electron chi connectivity index (χ1n) is 9.81. The van der Waals surface area contributed by atoms with Gasteiger partial charge in [0, 0.05) is 22.8 Å². The molecule has 1 N–H and O–H groups in total. The average molecular weight is 450 g/mol. The van der Waals surface area contributed by atoms with Crippen LogP contribution in [0.25, 0.3) is 16.8 Å². The van der Waals surface area contributed by atoms with Crippen molar-refractivity contribution in [1.29, 1.82) is 5.26 Å². The number of hydrogen-bond acceptors (Lipinski definition) is 8. The minimum Gasteiger partial charge on any atom is -0.493 e. The molecule has 1 heterocycles. The molecule has 0 fully saturated rings. The average Bonchev–Trinajstić information content (AvgIpc) is 3.29. The summed E-state index contributed by atoms with van der Waals surface area (Å²) in [6.45, 7) is 3.61. The van der Waals surface area contributed by atoms with Crippen molar-refractivity contribution >= 4 is 28.6 Å². The van der Waals surface area contributed by atoms with Gasteiger partial charge < -0.3 is 19.5 Å². The summed E-state index contributed by atoms with van der Waals surface area (Å²) in [5.41, 5.74) is 3.19. The number of ether oxygens (including phenoxy) is 3. The van der Waals surface area contributed by atoms with E-state index in [-0.39, 0.29) is 12.1 Å². The maximum Gasteiger partial charge on any atom is 0.338 e. The van der Waals surface area contributed by atoms with Gasteiger partial charge in [0.1, 0.15) is 16.6 Å². The zero-order valence-electron chi connectivity index (χ0n) is 18.2. The third-order valence-corrected chi connectivity index (χ3v) is 5.26. The van der Waals surface area contributed by atoms with Crippen LogP contribution in [0, 0.1) is 11.3 Å². The smallest absolute Gasteiger partial charge is 0.338 e. The number of allylic oxidation sites excluding steroid dienone is 1. The van der Waals surface area contributed by atoms with E-state index in [1.54, 1.807) is 58.5 Å². The molecule has 1 aromatic heterocycles. The molecule has 7 nitrogen and oxygen atoms in total. The van der Waals surface area contributed by atoms with Gasteiger partial charge in [0.2, 0.25) is 0 Å². The van der Waals surface area contributed by atoms with Crippen LogP contribution < -0.4 is 14.8 Å². The fraction of sp³-hybridized carbons (Fsp3) is 0.208. The summed E-state index contributed by atoms with van der Waals surface area (Å²) in [5, 5.41) is 15.1. The maximum atomic E-state index is 11.9. The number of aromatic nitrogens is 1. The van der Waals surface area contributed by atoms with Gasteiger partial charge in [-0.3, -0.25) is 0 Å². The van der Waals surface area contributed by atoms with E-state index >= 15 is 0 Å². The Morgan fingerprint density at radius 1 is 1.12 bits per heavy atom. The fourth-order valence-corrected chi connectivity index (χ4v) is 3.60. The number of rotatable bonds is 8. The molecule has 0 spiro atoms. The second-order valence-electron chi connectivity index (χ2n) is 6.95. The van der Waals surface area contributed by atoms with Crippen molar-refractivity contribution in [3.8, 4) is 28.8 Å². The topological polar surface area (TPSA) is 93.5 Å². The van der Waals surface area contributed by atoms with Gasteiger partial charge in [-0.1, -0.05) is 0 Å². The third-order valence-electron chi connectivity index (χ3n) is 4.38. The summed E-state index contributed by atoms with van der Waals surface area (Å²) in [7, 11) is 3.16. The number of methoxy groups -OCH3 is 2. The van der Waals surface area contributed by atoms with Crippen molar-refractivity contribution in [2.24, 2.45) is 0 Å². The van der Waals surface area contributed by atoms with Crippen LogP contribution in [0.1, 0.15) is 29.2 Å². The molecule has 2 aromatic carbocycles. The fourth-order valence-electron chi connectivity index (χ4n) is 2.81.